The second-order valence-electron chi connectivity index (χ2n) is 3.60. The molecule has 1 aliphatic rings. The molecule has 2 rings (SSSR count). The summed E-state index contributed by atoms with van der Waals surface area (Å²) in [7, 11) is 0. The third-order valence-electron chi connectivity index (χ3n) is 2.23. The van der Waals surface area contributed by atoms with Crippen molar-refractivity contribution in [2.24, 2.45) is 0 Å². The van der Waals surface area contributed by atoms with Gasteiger partial charge in [0.15, 0.2) is 10.8 Å². The van der Waals surface area contributed by atoms with Crippen molar-refractivity contribution in [3.8, 4) is 0 Å². The number of carboxylic acids is 1. The summed E-state index contributed by atoms with van der Waals surface area (Å²) in [5.41, 5.74) is 4.88. The Morgan fingerprint density at radius 2 is 1.58 bits per heavy atom. The minimum Gasteiger partial charge on any atom is -0.476 e. The molecule has 0 amide bonds. The lowest BCUT2D eigenvalue weighted by Gasteiger charge is -2.11. The number of aromatic nitrogens is 1. The standard InChI is InChI=1S/C6H3Cl3N2O2.C4H10N2/c7-1-3(10)2(8)5(9)11-4(1)6(12)13;1-2-6-4-3-5-1/h(H2,10,11)(H,12,13);5-6H,1-4H2. The van der Waals surface area contributed by atoms with Crippen molar-refractivity contribution in [2.45, 2.75) is 0 Å². The molecule has 0 saturated carbocycles. The molecule has 1 aliphatic heterocycles. The number of nitrogens with two attached hydrogens (primary N) is 1. The number of carboxylic acid groups (broad SMARTS) is 1. The highest BCUT2D eigenvalue weighted by atomic mass is 35.5. The number of rotatable bonds is 1. The smallest absolute Gasteiger partial charge is 0.356 e. The highest BCUT2D eigenvalue weighted by molar-refractivity contribution is 6.46. The molecule has 0 unspecified atom stereocenters. The molecule has 0 spiro atoms. The molecule has 1 aromatic heterocycles. The molecule has 5 N–H and O–H groups in total. The predicted molar refractivity (Wildman–Crippen MR) is 76.4 cm³/mol. The molecule has 6 nitrogen and oxygen atoms in total. The first-order valence-corrected chi connectivity index (χ1v) is 6.53. The Hall–Kier alpha value is -0.790. The summed E-state index contributed by atoms with van der Waals surface area (Å²) in [5.74, 6) is -1.31. The normalized spacial score (nSPS) is 14.5. The Kier molecular flexibility index (Phi) is 6.60. The third-order valence-corrected chi connectivity index (χ3v) is 3.37. The monoisotopic (exact) mass is 326 g/mol. The van der Waals surface area contributed by atoms with Crippen LogP contribution in [-0.4, -0.2) is 42.2 Å². The lowest BCUT2D eigenvalue weighted by Crippen LogP contribution is -2.39. The van der Waals surface area contributed by atoms with Gasteiger partial charge < -0.3 is 21.5 Å². The Bertz CT molecular complexity index is 455. The average molecular weight is 328 g/mol. The van der Waals surface area contributed by atoms with E-state index in [0.717, 1.165) is 26.2 Å². The minimum absolute atomic E-state index is 0.0448. The maximum atomic E-state index is 10.5. The van der Waals surface area contributed by atoms with Crippen molar-refractivity contribution in [2.75, 3.05) is 31.9 Å². The fourth-order valence-corrected chi connectivity index (χ4v) is 1.87. The van der Waals surface area contributed by atoms with Crippen molar-refractivity contribution in [3.05, 3.63) is 20.9 Å². The number of hydrogen-bond donors (Lipinski definition) is 4. The van der Waals surface area contributed by atoms with E-state index in [1.807, 2.05) is 0 Å². The lowest BCUT2D eigenvalue weighted by molar-refractivity contribution is 0.0691. The van der Waals surface area contributed by atoms with Crippen LogP contribution in [0.25, 0.3) is 0 Å². The summed E-state index contributed by atoms with van der Waals surface area (Å²) >= 11 is 16.6. The van der Waals surface area contributed by atoms with Gasteiger partial charge in [0.1, 0.15) is 5.02 Å². The largest absolute Gasteiger partial charge is 0.476 e. The van der Waals surface area contributed by atoms with Crippen molar-refractivity contribution >= 4 is 46.5 Å². The van der Waals surface area contributed by atoms with Gasteiger partial charge in [0.05, 0.1) is 10.7 Å². The molecule has 0 bridgehead atoms. The van der Waals surface area contributed by atoms with E-state index < -0.39 is 11.7 Å². The van der Waals surface area contributed by atoms with Crippen LogP contribution < -0.4 is 16.4 Å². The van der Waals surface area contributed by atoms with Crippen LogP contribution in [0.1, 0.15) is 10.5 Å². The van der Waals surface area contributed by atoms with Gasteiger partial charge in [-0.15, -0.1) is 0 Å². The van der Waals surface area contributed by atoms with Crippen LogP contribution >= 0.6 is 34.8 Å². The number of nitrogen functional groups attached to an aromatic ring is 1. The molecule has 1 fully saturated rings. The summed E-state index contributed by atoms with van der Waals surface area (Å²) in [6.07, 6.45) is 0. The number of halogens is 3. The van der Waals surface area contributed by atoms with Crippen LogP contribution in [0, 0.1) is 0 Å². The van der Waals surface area contributed by atoms with E-state index >= 15 is 0 Å². The van der Waals surface area contributed by atoms with E-state index in [2.05, 4.69) is 15.6 Å². The minimum atomic E-state index is -1.31. The van der Waals surface area contributed by atoms with Gasteiger partial charge >= 0.3 is 5.97 Å². The molecule has 2 heterocycles. The number of nitrogens with zero attached hydrogens (tertiary/aromatic N) is 1. The Balaban J connectivity index is 0.000000250. The van der Waals surface area contributed by atoms with Crippen LogP contribution in [0.2, 0.25) is 15.2 Å². The van der Waals surface area contributed by atoms with Crippen molar-refractivity contribution in [1.82, 2.24) is 15.6 Å². The van der Waals surface area contributed by atoms with E-state index in [-0.39, 0.29) is 20.9 Å². The van der Waals surface area contributed by atoms with Crippen molar-refractivity contribution < 1.29 is 9.90 Å². The van der Waals surface area contributed by atoms with Gasteiger partial charge in [-0.25, -0.2) is 9.78 Å². The fraction of sp³-hybridized carbons (Fsp3) is 0.400. The molecule has 0 atom stereocenters. The number of piperazine rings is 1. The SMILES string of the molecule is C1CNCCN1.Nc1c(Cl)c(Cl)nc(C(=O)O)c1Cl. The predicted octanol–water partition coefficient (Wildman–Crippen LogP) is 1.50. The quantitative estimate of drug-likeness (QED) is 0.583. The molecule has 9 heteroatoms. The molecule has 19 heavy (non-hydrogen) atoms. The van der Waals surface area contributed by atoms with Gasteiger partial charge in [-0.1, -0.05) is 34.8 Å². The summed E-state index contributed by atoms with van der Waals surface area (Å²) in [6, 6.07) is 0. The average Bonchev–Trinajstić information content (AvgIpc) is 2.43. The first-order chi connectivity index (χ1) is 8.95. The zero-order chi connectivity index (χ0) is 14.4. The Morgan fingerprint density at radius 1 is 1.11 bits per heavy atom. The van der Waals surface area contributed by atoms with E-state index in [1.165, 1.54) is 0 Å². The topological polar surface area (TPSA) is 100 Å². The van der Waals surface area contributed by atoms with Gasteiger partial charge in [-0.05, 0) is 0 Å². The first kappa shape index (κ1) is 16.3. The van der Waals surface area contributed by atoms with Gasteiger partial charge in [0.25, 0.3) is 0 Å². The number of hydrogen-bond acceptors (Lipinski definition) is 5. The number of nitrogens with one attached hydrogen (secondary N) is 2. The van der Waals surface area contributed by atoms with Gasteiger partial charge in [0, 0.05) is 26.2 Å². The lowest BCUT2D eigenvalue weighted by atomic mass is 10.3. The fourth-order valence-electron chi connectivity index (χ4n) is 1.28. The highest BCUT2D eigenvalue weighted by Crippen LogP contribution is 2.34. The second-order valence-corrected chi connectivity index (χ2v) is 4.71. The first-order valence-electron chi connectivity index (χ1n) is 5.39. The van der Waals surface area contributed by atoms with Crippen LogP contribution in [0.4, 0.5) is 5.69 Å². The molecule has 1 saturated heterocycles. The maximum Gasteiger partial charge on any atom is 0.356 e. The van der Waals surface area contributed by atoms with Crippen molar-refractivity contribution in [3.63, 3.8) is 0 Å². The molecule has 0 aromatic carbocycles. The highest BCUT2D eigenvalue weighted by Gasteiger charge is 2.18. The van der Waals surface area contributed by atoms with E-state index in [9.17, 15) is 4.79 Å². The molecular weight excluding hydrogens is 314 g/mol. The summed E-state index contributed by atoms with van der Waals surface area (Å²) < 4.78 is 0. The van der Waals surface area contributed by atoms with Gasteiger partial charge in [-0.2, -0.15) is 0 Å². The van der Waals surface area contributed by atoms with Crippen LogP contribution in [0.15, 0.2) is 0 Å². The molecule has 0 aliphatic carbocycles. The zero-order valence-electron chi connectivity index (χ0n) is 9.84. The number of aromatic carboxylic acids is 1. The number of anilines is 1. The van der Waals surface area contributed by atoms with Gasteiger partial charge in [-0.3, -0.25) is 0 Å². The zero-order valence-corrected chi connectivity index (χ0v) is 12.1. The molecule has 106 valence electrons. The van der Waals surface area contributed by atoms with E-state index in [1.54, 1.807) is 0 Å². The Morgan fingerprint density at radius 3 is 1.95 bits per heavy atom. The number of carbonyl (C=O) groups is 1. The summed E-state index contributed by atoms with van der Waals surface area (Å²) in [5, 5.41) is 14.6. The molecular formula is C10H13Cl3N4O2. The van der Waals surface area contributed by atoms with Gasteiger partial charge in [0.2, 0.25) is 0 Å². The summed E-state index contributed by atoms with van der Waals surface area (Å²) in [4.78, 5) is 14.0. The van der Waals surface area contributed by atoms with Crippen LogP contribution in [0.5, 0.6) is 0 Å². The van der Waals surface area contributed by atoms with Crippen LogP contribution in [0.3, 0.4) is 0 Å². The summed E-state index contributed by atoms with van der Waals surface area (Å²) in [6.45, 7) is 4.56. The second kappa shape index (κ2) is 7.72. The third kappa shape index (κ3) is 4.67. The van der Waals surface area contributed by atoms with Crippen LogP contribution in [-0.2, 0) is 0 Å². The molecule has 0 radical (unpaired) electrons. The van der Waals surface area contributed by atoms with E-state index in [0.29, 0.717) is 0 Å². The maximum absolute atomic E-state index is 10.5. The Labute approximate surface area is 125 Å². The molecule has 1 aromatic rings. The van der Waals surface area contributed by atoms with E-state index in [4.69, 9.17) is 45.6 Å². The number of pyridine rings is 1. The van der Waals surface area contributed by atoms with Crippen molar-refractivity contribution in [1.29, 1.82) is 0 Å².